The van der Waals surface area contributed by atoms with Crippen molar-refractivity contribution in [3.8, 4) is 11.1 Å². The van der Waals surface area contributed by atoms with Crippen molar-refractivity contribution in [1.29, 1.82) is 0 Å². The van der Waals surface area contributed by atoms with Gasteiger partial charge < -0.3 is 4.90 Å². The predicted octanol–water partition coefficient (Wildman–Crippen LogP) is 7.24. The normalized spacial score (nSPS) is 14.0. The number of rotatable bonds is 5. The molecule has 0 saturated carbocycles. The molecule has 0 radical (unpaired) electrons. The first kappa shape index (κ1) is 29.1. The van der Waals surface area contributed by atoms with Crippen molar-refractivity contribution in [2.45, 2.75) is 45.5 Å². The summed E-state index contributed by atoms with van der Waals surface area (Å²) in [5.41, 5.74) is -0.527. The molecule has 3 aromatic rings. The van der Waals surface area contributed by atoms with Crippen LogP contribution < -0.4 is 5.53 Å². The zero-order valence-electron chi connectivity index (χ0n) is 20.9. The second-order valence-corrected chi connectivity index (χ2v) is 9.20. The highest BCUT2D eigenvalue weighted by atomic mass is 19.4. The lowest BCUT2D eigenvalue weighted by Gasteiger charge is -2.24. The van der Waals surface area contributed by atoms with E-state index in [0.29, 0.717) is 23.3 Å². The third-order valence-corrected chi connectivity index (χ3v) is 6.29. The minimum atomic E-state index is -5.07. The van der Waals surface area contributed by atoms with E-state index in [1.54, 1.807) is 18.2 Å². The van der Waals surface area contributed by atoms with Crippen LogP contribution in [-0.2, 0) is 31.6 Å². The molecule has 0 fully saturated rings. The van der Waals surface area contributed by atoms with Gasteiger partial charge in [0, 0.05) is 13.1 Å². The average Bonchev–Trinajstić information content (AvgIpc) is 3.39. The van der Waals surface area contributed by atoms with E-state index in [1.807, 2.05) is 13.8 Å². The van der Waals surface area contributed by atoms with Gasteiger partial charge in [-0.15, -0.1) is 0 Å². The molecule has 0 saturated heterocycles. The molecule has 212 valence electrons. The third kappa shape index (κ3) is 6.61. The number of hydrogen-bond acceptors (Lipinski definition) is 4. The number of quaternary nitrogens is 1. The van der Waals surface area contributed by atoms with Gasteiger partial charge in [0.15, 0.2) is 0 Å². The maximum atomic E-state index is 13.6. The van der Waals surface area contributed by atoms with E-state index in [1.165, 1.54) is 11.0 Å². The molecule has 0 aliphatic carbocycles. The van der Waals surface area contributed by atoms with Crippen molar-refractivity contribution in [2.75, 3.05) is 0 Å². The molecule has 1 aliphatic rings. The number of nitrogens with zero attached hydrogens (tertiary/aromatic N) is 4. The summed E-state index contributed by atoms with van der Waals surface area (Å²) < 4.78 is 121. The van der Waals surface area contributed by atoms with Crippen LogP contribution in [-0.4, -0.2) is 10.9 Å². The Labute approximate surface area is 222 Å². The van der Waals surface area contributed by atoms with Crippen molar-refractivity contribution in [1.82, 2.24) is 4.90 Å². The number of hydrogen-bond donors (Lipinski definition) is 1. The third-order valence-electron chi connectivity index (χ3n) is 6.29. The Morgan fingerprint density at radius 3 is 1.82 bits per heavy atom. The largest absolute Gasteiger partial charge is 0.416 e. The fraction of sp³-hybridized carbons (Fsp3) is 0.269. The Morgan fingerprint density at radius 1 is 0.675 bits per heavy atom. The quantitative estimate of drug-likeness (QED) is 0.254. The van der Waals surface area contributed by atoms with Crippen molar-refractivity contribution in [3.05, 3.63) is 93.5 Å². The van der Waals surface area contributed by atoms with Gasteiger partial charge in [0.2, 0.25) is 0 Å². The molecule has 0 spiro atoms. The highest BCUT2D eigenvalue weighted by Gasteiger charge is 2.37. The molecular weight excluding hydrogens is 553 g/mol. The number of nitrogens with two attached hydrogens (primary N) is 1. The molecule has 2 N–H and O–H groups in total. The van der Waals surface area contributed by atoms with E-state index in [9.17, 15) is 39.5 Å². The molecule has 3 aromatic carbocycles. The Morgan fingerprint density at radius 2 is 1.30 bits per heavy atom. The van der Waals surface area contributed by atoms with Crippen LogP contribution >= 0.6 is 0 Å². The number of alkyl halides is 9. The second kappa shape index (κ2) is 10.6. The van der Waals surface area contributed by atoms with Crippen molar-refractivity contribution in [3.63, 3.8) is 0 Å². The van der Waals surface area contributed by atoms with Gasteiger partial charge in [-0.05, 0) is 82.7 Å². The molecule has 0 bridgehead atoms. The summed E-state index contributed by atoms with van der Waals surface area (Å²) in [6.45, 7) is 2.72. The smallest absolute Gasteiger partial charge is 0.326 e. The van der Waals surface area contributed by atoms with Gasteiger partial charge in [-0.2, -0.15) is 39.5 Å². The van der Waals surface area contributed by atoms with E-state index in [4.69, 9.17) is 0 Å². The molecule has 40 heavy (non-hydrogen) atoms. The Hall–Kier alpha value is -3.94. The maximum Gasteiger partial charge on any atom is 0.416 e. The van der Waals surface area contributed by atoms with Crippen LogP contribution in [0.5, 0.6) is 0 Å². The Bertz CT molecular complexity index is 1440. The lowest BCUT2D eigenvalue weighted by Crippen LogP contribution is -2.69. The highest BCUT2D eigenvalue weighted by Crippen LogP contribution is 2.38. The van der Waals surface area contributed by atoms with Crippen LogP contribution in [0.1, 0.15) is 38.9 Å². The minimum Gasteiger partial charge on any atom is -0.326 e. The Kier molecular flexibility index (Phi) is 7.67. The van der Waals surface area contributed by atoms with Crippen LogP contribution in [0.15, 0.2) is 70.0 Å². The van der Waals surface area contributed by atoms with Crippen LogP contribution in [0.2, 0.25) is 0 Å². The first-order valence-electron chi connectivity index (χ1n) is 11.6. The fourth-order valence-corrected chi connectivity index (χ4v) is 4.15. The van der Waals surface area contributed by atoms with Gasteiger partial charge in [0.1, 0.15) is 0 Å². The van der Waals surface area contributed by atoms with Crippen LogP contribution in [0.25, 0.3) is 11.1 Å². The van der Waals surface area contributed by atoms with Gasteiger partial charge in [0.25, 0.3) is 0 Å². The molecule has 0 unspecified atom stereocenters. The standard InChI is InChI=1S/C26H20F9N5/c1-14-3-4-17(7-15(14)2)22-6-5-19(24(27,28)29)10-18(22)13-40(23-36-38-39-37-23)12-16-8-20(25(30,31)32)11-21(9-16)26(33,34)35/h3-11H,12-13H2,1-2H3,(H,36,37,38,39)/p+1. The molecule has 1 aliphatic heterocycles. The van der Waals surface area contributed by atoms with Gasteiger partial charge in [-0.25, -0.2) is 0 Å². The van der Waals surface area contributed by atoms with Crippen molar-refractivity contribution < 1.29 is 45.0 Å². The molecule has 5 nitrogen and oxygen atoms in total. The topological polar surface area (TPSA) is 56.9 Å². The Balaban J connectivity index is 1.82. The first-order chi connectivity index (χ1) is 18.5. The monoisotopic (exact) mass is 574 g/mol. The zero-order chi connectivity index (χ0) is 29.5. The second-order valence-electron chi connectivity index (χ2n) is 9.20. The summed E-state index contributed by atoms with van der Waals surface area (Å²) in [7, 11) is 0. The zero-order valence-corrected chi connectivity index (χ0v) is 20.9. The van der Waals surface area contributed by atoms with Crippen molar-refractivity contribution >= 4 is 5.96 Å². The van der Waals surface area contributed by atoms with Gasteiger partial charge in [-0.1, -0.05) is 34.9 Å². The van der Waals surface area contributed by atoms with Crippen LogP contribution in [0.3, 0.4) is 0 Å². The lowest BCUT2D eigenvalue weighted by atomic mass is 9.94. The number of halogens is 9. The predicted molar refractivity (Wildman–Crippen MR) is 126 cm³/mol. The van der Waals surface area contributed by atoms with Gasteiger partial charge in [-0.3, -0.25) is 0 Å². The maximum absolute atomic E-state index is 13.6. The van der Waals surface area contributed by atoms with E-state index in [-0.39, 0.29) is 24.1 Å². The summed E-state index contributed by atoms with van der Waals surface area (Å²) in [4.78, 5) is 1.17. The van der Waals surface area contributed by atoms with Gasteiger partial charge >= 0.3 is 24.5 Å². The summed E-state index contributed by atoms with van der Waals surface area (Å²) in [6, 6.07) is 9.44. The molecule has 4 rings (SSSR count). The fourth-order valence-electron chi connectivity index (χ4n) is 4.15. The van der Waals surface area contributed by atoms with Crippen LogP contribution in [0, 0.1) is 13.8 Å². The molecule has 0 aromatic heterocycles. The summed E-state index contributed by atoms with van der Waals surface area (Å²) in [5.74, 6) is -0.186. The number of guanidine groups is 1. The van der Waals surface area contributed by atoms with Gasteiger partial charge in [0.05, 0.1) is 21.9 Å². The molecule has 1 heterocycles. The highest BCUT2D eigenvalue weighted by molar-refractivity contribution is 5.80. The first-order valence-corrected chi connectivity index (χ1v) is 11.6. The number of aryl methyl sites for hydroxylation is 2. The van der Waals surface area contributed by atoms with E-state index in [0.717, 1.165) is 28.8 Å². The van der Waals surface area contributed by atoms with Crippen molar-refractivity contribution in [2.24, 2.45) is 15.4 Å². The summed E-state index contributed by atoms with van der Waals surface area (Å²) in [5, 5.41) is 11.2. The summed E-state index contributed by atoms with van der Waals surface area (Å²) >= 11 is 0. The van der Waals surface area contributed by atoms with E-state index in [2.05, 4.69) is 15.4 Å². The average molecular weight is 574 g/mol. The number of benzene rings is 3. The lowest BCUT2D eigenvalue weighted by molar-refractivity contribution is -0.668. The summed E-state index contributed by atoms with van der Waals surface area (Å²) in [6.07, 6.45) is -14.9. The molecule has 0 atom stereocenters. The minimum absolute atomic E-state index is 0.000946. The SMILES string of the molecule is Cc1ccc(-c2ccc(C(F)(F)F)cc2CN(Cc2cc(C(F)(F)F)cc(C(F)(F)F)c2)C2=N[NH2+]N=N2)cc1C. The van der Waals surface area contributed by atoms with E-state index >= 15 is 0 Å². The van der Waals surface area contributed by atoms with E-state index < -0.39 is 47.3 Å². The molecule has 0 amide bonds. The molecule has 14 heteroatoms. The van der Waals surface area contributed by atoms with Crippen LogP contribution in [0.4, 0.5) is 39.5 Å². The molecular formula is C26H21F9N5+.